The molecule has 0 aliphatic rings. The van der Waals surface area contributed by atoms with Gasteiger partial charge in [0.15, 0.2) is 0 Å². The van der Waals surface area contributed by atoms with Crippen molar-refractivity contribution >= 4 is 34.0 Å². The van der Waals surface area contributed by atoms with Gasteiger partial charge in [-0.2, -0.15) is 0 Å². The molecule has 0 saturated heterocycles. The minimum Gasteiger partial charge on any atom is -0.356 e. The maximum absolute atomic E-state index is 5.97. The van der Waals surface area contributed by atoms with Crippen LogP contribution >= 0.6 is 11.6 Å². The predicted molar refractivity (Wildman–Crippen MR) is 117 cm³/mol. The smallest absolute Gasteiger partial charge is 0.138 e. The van der Waals surface area contributed by atoms with Crippen LogP contribution in [0.25, 0.3) is 33.7 Å². The van der Waals surface area contributed by atoms with Crippen LogP contribution in [0.15, 0.2) is 85.2 Å². The molecule has 0 aliphatic carbocycles. The fourth-order valence-electron chi connectivity index (χ4n) is 3.19. The number of pyridine rings is 2. The van der Waals surface area contributed by atoms with Crippen LogP contribution in [0.2, 0.25) is 5.15 Å². The molecule has 5 rings (SSSR count). The number of anilines is 2. The van der Waals surface area contributed by atoms with E-state index in [2.05, 4.69) is 43.5 Å². The summed E-state index contributed by atoms with van der Waals surface area (Å²) in [7, 11) is 0. The second kappa shape index (κ2) is 7.37. The minimum absolute atomic E-state index is 0.442. The first-order chi connectivity index (χ1) is 14.2. The molecular weight excluding hydrogens is 382 g/mol. The highest BCUT2D eigenvalue weighted by atomic mass is 35.5. The second-order valence-electron chi connectivity index (χ2n) is 6.61. The van der Waals surface area contributed by atoms with Gasteiger partial charge in [-0.05, 0) is 36.4 Å². The van der Waals surface area contributed by atoms with Crippen LogP contribution in [-0.2, 0) is 0 Å². The maximum Gasteiger partial charge on any atom is 0.138 e. The largest absolute Gasteiger partial charge is 0.356 e. The molecule has 5 aromatic rings. The lowest BCUT2D eigenvalue weighted by Crippen LogP contribution is -1.91. The van der Waals surface area contributed by atoms with E-state index in [1.165, 1.54) is 0 Å². The van der Waals surface area contributed by atoms with Crippen molar-refractivity contribution in [1.29, 1.82) is 0 Å². The first kappa shape index (κ1) is 17.4. The predicted octanol–water partition coefficient (Wildman–Crippen LogP) is 6.08. The molecule has 0 atom stereocenters. The third-order valence-corrected chi connectivity index (χ3v) is 4.81. The van der Waals surface area contributed by atoms with E-state index in [-0.39, 0.29) is 0 Å². The number of nitrogens with one attached hydrogen (secondary N) is 2. The molecule has 2 aromatic carbocycles. The highest BCUT2D eigenvalue weighted by molar-refractivity contribution is 6.29. The molecule has 0 fully saturated rings. The van der Waals surface area contributed by atoms with Crippen LogP contribution in [0.5, 0.6) is 0 Å². The number of H-pyrrole nitrogens is 1. The number of imidazole rings is 1. The number of halogens is 1. The fourth-order valence-corrected chi connectivity index (χ4v) is 3.35. The van der Waals surface area contributed by atoms with Gasteiger partial charge in [-0.1, -0.05) is 41.9 Å². The number of hydrogen-bond donors (Lipinski definition) is 2. The van der Waals surface area contributed by atoms with Crippen molar-refractivity contribution in [3.8, 4) is 22.6 Å². The maximum atomic E-state index is 5.97. The highest BCUT2D eigenvalue weighted by Crippen LogP contribution is 2.26. The van der Waals surface area contributed by atoms with Gasteiger partial charge in [0.2, 0.25) is 0 Å². The Hall–Kier alpha value is -3.70. The molecule has 0 bridgehead atoms. The molecule has 29 heavy (non-hydrogen) atoms. The van der Waals surface area contributed by atoms with E-state index in [1.54, 1.807) is 18.5 Å². The van der Waals surface area contributed by atoms with Crippen LogP contribution in [-0.4, -0.2) is 19.9 Å². The Balaban J connectivity index is 1.39. The summed E-state index contributed by atoms with van der Waals surface area (Å²) >= 11 is 5.97. The summed E-state index contributed by atoms with van der Waals surface area (Å²) in [6, 6.07) is 24.0. The second-order valence-corrected chi connectivity index (χ2v) is 6.99. The summed E-state index contributed by atoms with van der Waals surface area (Å²) in [6.45, 7) is 0. The van der Waals surface area contributed by atoms with E-state index in [9.17, 15) is 0 Å². The summed E-state index contributed by atoms with van der Waals surface area (Å²) in [5.74, 6) is 0.776. The van der Waals surface area contributed by atoms with Gasteiger partial charge in [0, 0.05) is 34.8 Å². The van der Waals surface area contributed by atoms with Crippen molar-refractivity contribution in [3.05, 3.63) is 90.3 Å². The van der Waals surface area contributed by atoms with Crippen LogP contribution in [0.4, 0.5) is 11.4 Å². The monoisotopic (exact) mass is 397 g/mol. The van der Waals surface area contributed by atoms with Crippen molar-refractivity contribution in [1.82, 2.24) is 19.9 Å². The molecule has 6 heteroatoms. The highest BCUT2D eigenvalue weighted by Gasteiger charge is 2.07. The average molecular weight is 398 g/mol. The molecule has 140 valence electrons. The molecule has 2 N–H and O–H groups in total. The fraction of sp³-hybridized carbons (Fsp3) is 0. The number of aromatic amines is 1. The Morgan fingerprint density at radius 3 is 2.52 bits per heavy atom. The van der Waals surface area contributed by atoms with Gasteiger partial charge in [-0.25, -0.2) is 9.97 Å². The van der Waals surface area contributed by atoms with Gasteiger partial charge in [-0.15, -0.1) is 0 Å². The summed E-state index contributed by atoms with van der Waals surface area (Å²) in [6.07, 6.45) is 3.47. The zero-order chi connectivity index (χ0) is 19.6. The van der Waals surface area contributed by atoms with Crippen LogP contribution in [0, 0.1) is 0 Å². The first-order valence-corrected chi connectivity index (χ1v) is 9.53. The Morgan fingerprint density at radius 1 is 0.793 bits per heavy atom. The SMILES string of the molecule is Clc1cc2[nH]c(-c3cccc(Nc4ccc(-c5ccccn5)cc4)c3)nc2cn1. The topological polar surface area (TPSA) is 66.5 Å². The summed E-state index contributed by atoms with van der Waals surface area (Å²) in [5.41, 5.74) is 6.65. The quantitative estimate of drug-likeness (QED) is 0.360. The van der Waals surface area contributed by atoms with Crippen LogP contribution in [0.1, 0.15) is 0 Å². The van der Waals surface area contributed by atoms with Gasteiger partial charge in [-0.3, -0.25) is 4.98 Å². The molecule has 0 aliphatic heterocycles. The van der Waals surface area contributed by atoms with Gasteiger partial charge < -0.3 is 10.3 Å². The lowest BCUT2D eigenvalue weighted by atomic mass is 10.1. The minimum atomic E-state index is 0.442. The number of benzene rings is 2. The number of rotatable bonds is 4. The van der Waals surface area contributed by atoms with Crippen molar-refractivity contribution in [2.24, 2.45) is 0 Å². The van der Waals surface area contributed by atoms with E-state index in [0.29, 0.717) is 5.15 Å². The van der Waals surface area contributed by atoms with E-state index in [1.807, 2.05) is 48.5 Å². The zero-order valence-corrected chi connectivity index (χ0v) is 16.1. The van der Waals surface area contributed by atoms with E-state index >= 15 is 0 Å². The van der Waals surface area contributed by atoms with Crippen molar-refractivity contribution < 1.29 is 0 Å². The third-order valence-electron chi connectivity index (χ3n) is 4.61. The van der Waals surface area contributed by atoms with Gasteiger partial charge in [0.25, 0.3) is 0 Å². The number of aromatic nitrogens is 4. The Bertz CT molecular complexity index is 1280. The first-order valence-electron chi connectivity index (χ1n) is 9.15. The van der Waals surface area contributed by atoms with E-state index in [4.69, 9.17) is 11.6 Å². The van der Waals surface area contributed by atoms with Crippen molar-refractivity contribution in [2.75, 3.05) is 5.32 Å². The summed E-state index contributed by atoms with van der Waals surface area (Å²) in [4.78, 5) is 16.4. The molecule has 0 amide bonds. The van der Waals surface area contributed by atoms with Gasteiger partial charge in [0.05, 0.1) is 17.4 Å². The number of hydrogen-bond acceptors (Lipinski definition) is 4. The Labute approximate surface area is 172 Å². The number of fused-ring (bicyclic) bond motifs is 1. The molecule has 0 unspecified atom stereocenters. The van der Waals surface area contributed by atoms with E-state index in [0.717, 1.165) is 45.1 Å². The molecule has 0 radical (unpaired) electrons. The molecular formula is C23H16ClN5. The van der Waals surface area contributed by atoms with Crippen molar-refractivity contribution in [2.45, 2.75) is 0 Å². The third kappa shape index (κ3) is 3.68. The normalized spacial score (nSPS) is 10.9. The molecule has 0 spiro atoms. The van der Waals surface area contributed by atoms with Gasteiger partial charge >= 0.3 is 0 Å². The standard InChI is InChI=1S/C23H16ClN5/c24-22-13-20-21(14-26-22)29-23(28-20)16-4-3-5-18(12-16)27-17-9-7-15(8-10-17)19-6-1-2-11-25-19/h1-14,27H,(H,28,29). The Morgan fingerprint density at radius 2 is 1.69 bits per heavy atom. The Kier molecular flexibility index (Phi) is 4.42. The van der Waals surface area contributed by atoms with Crippen LogP contribution in [0.3, 0.4) is 0 Å². The molecule has 3 heterocycles. The molecule has 5 nitrogen and oxygen atoms in total. The van der Waals surface area contributed by atoms with Gasteiger partial charge in [0.1, 0.15) is 16.5 Å². The average Bonchev–Trinajstić information content (AvgIpc) is 3.18. The molecule has 3 aromatic heterocycles. The summed E-state index contributed by atoms with van der Waals surface area (Å²) in [5, 5.41) is 3.88. The van der Waals surface area contributed by atoms with E-state index < -0.39 is 0 Å². The lowest BCUT2D eigenvalue weighted by Gasteiger charge is -2.09. The lowest BCUT2D eigenvalue weighted by molar-refractivity contribution is 1.32. The zero-order valence-electron chi connectivity index (χ0n) is 15.3. The summed E-state index contributed by atoms with van der Waals surface area (Å²) < 4.78 is 0. The number of nitrogens with zero attached hydrogens (tertiary/aromatic N) is 3. The molecule has 0 saturated carbocycles. The van der Waals surface area contributed by atoms with Crippen molar-refractivity contribution in [3.63, 3.8) is 0 Å². The van der Waals surface area contributed by atoms with Crippen LogP contribution < -0.4 is 5.32 Å².